The average Bonchev–Trinajstić information content (AvgIpc) is 2.10. The first-order chi connectivity index (χ1) is 4.24. The molecule has 0 unspecified atom stereocenters. The van der Waals surface area contributed by atoms with Crippen LogP contribution < -0.4 is 0 Å². The summed E-state index contributed by atoms with van der Waals surface area (Å²) in [5.74, 6) is -1.06. The minimum absolute atomic E-state index is 0.271. The van der Waals surface area contributed by atoms with Gasteiger partial charge in [-0.1, -0.05) is 0 Å². The maximum atomic E-state index is 8.66. The van der Waals surface area contributed by atoms with Crippen molar-refractivity contribution in [2.24, 2.45) is 0 Å². The molecule has 0 saturated carbocycles. The van der Waals surface area contributed by atoms with Gasteiger partial charge >= 0.3 is 0 Å². The van der Waals surface area contributed by atoms with Gasteiger partial charge in [-0.3, -0.25) is 0 Å². The first kappa shape index (κ1) is 5.51. The van der Waals surface area contributed by atoms with E-state index in [1.54, 1.807) is 0 Å². The van der Waals surface area contributed by atoms with Crippen molar-refractivity contribution in [1.29, 1.82) is 5.26 Å². The summed E-state index contributed by atoms with van der Waals surface area (Å²) in [5, 5.41) is 25.3. The van der Waals surface area contributed by atoms with Crippen molar-refractivity contribution in [1.82, 2.24) is 0 Å². The van der Waals surface area contributed by atoms with Gasteiger partial charge in [0.15, 0.2) is 5.75 Å². The Bertz CT molecular complexity index is 258. The van der Waals surface area contributed by atoms with Gasteiger partial charge in [0.05, 0.1) is 6.07 Å². The molecule has 0 fully saturated rings. The van der Waals surface area contributed by atoms with Gasteiger partial charge in [-0.05, 0) is 0 Å². The second-order valence-electron chi connectivity index (χ2n) is 1.41. The predicted molar refractivity (Wildman–Crippen MR) is 26.8 cm³/mol. The largest absolute Gasteiger partial charge is 0.504 e. The van der Waals surface area contributed by atoms with Gasteiger partial charge in [0.1, 0.15) is 6.07 Å². The normalized spacial score (nSPS) is 8.78. The Labute approximate surface area is 50.6 Å². The highest BCUT2D eigenvalue weighted by Gasteiger charge is 2.06. The molecule has 0 spiro atoms. The molecule has 1 heterocycles. The number of rotatable bonds is 0. The molecule has 1 aromatic rings. The molecule has 1 aromatic heterocycles. The van der Waals surface area contributed by atoms with Crippen molar-refractivity contribution in [3.8, 4) is 17.8 Å². The molecule has 0 aliphatic carbocycles. The molecule has 0 amide bonds. The fourth-order valence-electron chi connectivity index (χ4n) is 0.449. The summed E-state index contributed by atoms with van der Waals surface area (Å²) in [4.78, 5) is 0. The van der Waals surface area contributed by atoms with Gasteiger partial charge in [0.2, 0.25) is 5.76 Å². The van der Waals surface area contributed by atoms with Gasteiger partial charge in [0, 0.05) is 0 Å². The van der Waals surface area contributed by atoms with Gasteiger partial charge in [0.25, 0.3) is 5.95 Å². The Morgan fingerprint density at radius 1 is 1.56 bits per heavy atom. The third kappa shape index (κ3) is 0.795. The number of aromatic hydroxyl groups is 2. The number of hydrogen-bond donors (Lipinski definition) is 2. The maximum Gasteiger partial charge on any atom is 0.286 e. The molecule has 0 atom stereocenters. The molecular weight excluding hydrogens is 122 g/mol. The van der Waals surface area contributed by atoms with E-state index in [4.69, 9.17) is 15.5 Å². The molecule has 46 valence electrons. The molecular formula is C5H3NO3. The van der Waals surface area contributed by atoms with Crippen LogP contribution in [0.3, 0.4) is 0 Å². The van der Waals surface area contributed by atoms with Crippen LogP contribution in [0.4, 0.5) is 0 Å². The molecule has 0 radical (unpaired) electrons. The third-order valence-corrected chi connectivity index (χ3v) is 0.801. The van der Waals surface area contributed by atoms with E-state index >= 15 is 0 Å². The van der Waals surface area contributed by atoms with Crippen molar-refractivity contribution in [2.45, 2.75) is 0 Å². The minimum Gasteiger partial charge on any atom is -0.504 e. The summed E-state index contributed by atoms with van der Waals surface area (Å²) in [5.41, 5.74) is 0. The van der Waals surface area contributed by atoms with E-state index in [-0.39, 0.29) is 11.5 Å². The van der Waals surface area contributed by atoms with Crippen LogP contribution in [-0.2, 0) is 0 Å². The quantitative estimate of drug-likeness (QED) is 0.531. The Kier molecular flexibility index (Phi) is 1.04. The first-order valence-corrected chi connectivity index (χ1v) is 2.16. The van der Waals surface area contributed by atoms with Crippen LogP contribution in [-0.4, -0.2) is 10.2 Å². The smallest absolute Gasteiger partial charge is 0.286 e. The molecule has 0 bridgehead atoms. The molecule has 4 nitrogen and oxygen atoms in total. The molecule has 9 heavy (non-hydrogen) atoms. The fraction of sp³-hybridized carbons (Fsp3) is 0. The molecule has 0 aliphatic rings. The Balaban J connectivity index is 3.20. The van der Waals surface area contributed by atoms with Crippen molar-refractivity contribution in [2.75, 3.05) is 0 Å². The van der Waals surface area contributed by atoms with Crippen LogP contribution in [0.1, 0.15) is 5.76 Å². The van der Waals surface area contributed by atoms with Crippen LogP contribution in [0.2, 0.25) is 0 Å². The highest BCUT2D eigenvalue weighted by Crippen LogP contribution is 2.24. The van der Waals surface area contributed by atoms with E-state index in [0.29, 0.717) is 0 Å². The zero-order valence-corrected chi connectivity index (χ0v) is 4.33. The topological polar surface area (TPSA) is 77.4 Å². The number of furan rings is 1. The summed E-state index contributed by atoms with van der Waals surface area (Å²) < 4.78 is 4.31. The van der Waals surface area contributed by atoms with Crippen LogP contribution in [0.5, 0.6) is 11.7 Å². The maximum absolute atomic E-state index is 8.66. The lowest BCUT2D eigenvalue weighted by atomic mass is 10.4. The first-order valence-electron chi connectivity index (χ1n) is 2.16. The summed E-state index contributed by atoms with van der Waals surface area (Å²) >= 11 is 0. The summed E-state index contributed by atoms with van der Waals surface area (Å²) in [6.07, 6.45) is 0. The predicted octanol–water partition coefficient (Wildman–Crippen LogP) is 0.562. The monoisotopic (exact) mass is 125 g/mol. The third-order valence-electron chi connectivity index (χ3n) is 0.801. The number of hydrogen-bond acceptors (Lipinski definition) is 4. The van der Waals surface area contributed by atoms with Crippen LogP contribution >= 0.6 is 0 Å². The van der Waals surface area contributed by atoms with E-state index in [0.717, 1.165) is 6.07 Å². The van der Waals surface area contributed by atoms with E-state index in [2.05, 4.69) is 4.42 Å². The zero-order chi connectivity index (χ0) is 6.85. The summed E-state index contributed by atoms with van der Waals surface area (Å²) in [6.45, 7) is 0. The fourth-order valence-corrected chi connectivity index (χ4v) is 0.449. The summed E-state index contributed by atoms with van der Waals surface area (Å²) in [6, 6.07) is 2.50. The molecule has 0 aliphatic heterocycles. The SMILES string of the molecule is N#Cc1oc(O)cc1O. The van der Waals surface area contributed by atoms with Gasteiger partial charge in [-0.25, -0.2) is 0 Å². The Morgan fingerprint density at radius 3 is 2.44 bits per heavy atom. The van der Waals surface area contributed by atoms with Crippen molar-refractivity contribution < 1.29 is 14.6 Å². The van der Waals surface area contributed by atoms with E-state index in [1.807, 2.05) is 0 Å². The van der Waals surface area contributed by atoms with Crippen LogP contribution in [0, 0.1) is 11.3 Å². The van der Waals surface area contributed by atoms with Gasteiger partial charge in [-0.15, -0.1) is 0 Å². The highest BCUT2D eigenvalue weighted by atomic mass is 16.5. The van der Waals surface area contributed by atoms with E-state index in [9.17, 15) is 0 Å². The lowest BCUT2D eigenvalue weighted by Gasteiger charge is -1.76. The van der Waals surface area contributed by atoms with Crippen molar-refractivity contribution in [3.63, 3.8) is 0 Å². The Morgan fingerprint density at radius 2 is 2.22 bits per heavy atom. The number of nitriles is 1. The molecule has 0 saturated heterocycles. The van der Waals surface area contributed by atoms with E-state index in [1.165, 1.54) is 6.07 Å². The molecule has 1 rings (SSSR count). The Hall–Kier alpha value is -1.63. The minimum atomic E-state index is -0.455. The lowest BCUT2D eigenvalue weighted by Crippen LogP contribution is -1.61. The lowest BCUT2D eigenvalue weighted by molar-refractivity contribution is 0.327. The van der Waals surface area contributed by atoms with Gasteiger partial charge in [-0.2, -0.15) is 5.26 Å². The molecule has 4 heteroatoms. The highest BCUT2D eigenvalue weighted by molar-refractivity contribution is 5.37. The van der Waals surface area contributed by atoms with Crippen molar-refractivity contribution >= 4 is 0 Å². The summed E-state index contributed by atoms with van der Waals surface area (Å²) in [7, 11) is 0. The van der Waals surface area contributed by atoms with E-state index < -0.39 is 5.95 Å². The standard InChI is InChI=1S/C5H3NO3/c6-2-4-3(7)1-5(8)9-4/h1,7-8H. The second-order valence-corrected chi connectivity index (χ2v) is 1.41. The van der Waals surface area contributed by atoms with Crippen LogP contribution in [0.15, 0.2) is 10.5 Å². The zero-order valence-electron chi connectivity index (χ0n) is 4.33. The van der Waals surface area contributed by atoms with Crippen molar-refractivity contribution in [3.05, 3.63) is 11.8 Å². The van der Waals surface area contributed by atoms with Crippen LogP contribution in [0.25, 0.3) is 0 Å². The molecule has 2 N–H and O–H groups in total. The van der Waals surface area contributed by atoms with Gasteiger partial charge < -0.3 is 14.6 Å². The average molecular weight is 125 g/mol. The number of nitrogens with zero attached hydrogens (tertiary/aromatic N) is 1. The second kappa shape index (κ2) is 1.71. The molecule has 0 aromatic carbocycles.